The highest BCUT2D eigenvalue weighted by molar-refractivity contribution is 6.15. The summed E-state index contributed by atoms with van der Waals surface area (Å²) in [6.07, 6.45) is -1.34. The van der Waals surface area contributed by atoms with Crippen LogP contribution in [0.4, 0.5) is 11.4 Å². The highest BCUT2D eigenvalue weighted by atomic mass is 16.5. The topological polar surface area (TPSA) is 85.4 Å². The highest BCUT2D eigenvalue weighted by Crippen LogP contribution is 2.35. The fourth-order valence-electron chi connectivity index (χ4n) is 3.23. The molecule has 0 bridgehead atoms. The maximum absolute atomic E-state index is 13.6. The van der Waals surface area contributed by atoms with Crippen molar-refractivity contribution in [2.45, 2.75) is 13.0 Å². The molecular formula is C22H22N2O6. The summed E-state index contributed by atoms with van der Waals surface area (Å²) < 4.78 is 15.5. The highest BCUT2D eigenvalue weighted by Gasteiger charge is 2.48. The molecule has 30 heavy (non-hydrogen) atoms. The molecule has 0 spiro atoms. The third-order valence-corrected chi connectivity index (χ3v) is 4.48. The first-order chi connectivity index (χ1) is 14.5. The Morgan fingerprint density at radius 2 is 1.33 bits per heavy atom. The summed E-state index contributed by atoms with van der Waals surface area (Å²) in [7, 11) is 2.38. The van der Waals surface area contributed by atoms with E-state index in [1.165, 1.54) is 24.2 Å². The number of ether oxygens (including phenoxy) is 3. The van der Waals surface area contributed by atoms with Crippen LogP contribution in [0.5, 0.6) is 0 Å². The zero-order valence-electron chi connectivity index (χ0n) is 16.9. The van der Waals surface area contributed by atoms with E-state index in [2.05, 4.69) is 0 Å². The van der Waals surface area contributed by atoms with Crippen molar-refractivity contribution in [2.75, 3.05) is 30.8 Å². The van der Waals surface area contributed by atoms with Crippen molar-refractivity contribution in [1.82, 2.24) is 0 Å². The monoisotopic (exact) mass is 410 g/mol. The molecule has 1 heterocycles. The molecule has 2 aromatic rings. The number of hydrogen-bond donors (Lipinski definition) is 0. The van der Waals surface area contributed by atoms with Crippen LogP contribution in [0.2, 0.25) is 0 Å². The minimum Gasteiger partial charge on any atom is -0.466 e. The summed E-state index contributed by atoms with van der Waals surface area (Å²) in [5, 5.41) is 2.65. The first-order valence-electron chi connectivity index (χ1n) is 9.31. The Morgan fingerprint density at radius 3 is 1.80 bits per heavy atom. The molecule has 156 valence electrons. The van der Waals surface area contributed by atoms with Crippen molar-refractivity contribution in [2.24, 2.45) is 0 Å². The van der Waals surface area contributed by atoms with E-state index in [9.17, 15) is 14.4 Å². The van der Waals surface area contributed by atoms with E-state index in [0.29, 0.717) is 11.4 Å². The largest absolute Gasteiger partial charge is 0.466 e. The Morgan fingerprint density at radius 1 is 0.833 bits per heavy atom. The Bertz CT molecular complexity index is 958. The first-order valence-corrected chi connectivity index (χ1v) is 9.31. The molecule has 0 aromatic heterocycles. The van der Waals surface area contributed by atoms with E-state index in [0.717, 1.165) is 0 Å². The second kappa shape index (κ2) is 9.23. The quantitative estimate of drug-likeness (QED) is 0.676. The number of methoxy groups -OCH3 is 2. The van der Waals surface area contributed by atoms with E-state index >= 15 is 0 Å². The van der Waals surface area contributed by atoms with Crippen LogP contribution in [0.25, 0.3) is 0 Å². The van der Waals surface area contributed by atoms with Crippen LogP contribution in [-0.2, 0) is 28.6 Å². The predicted molar refractivity (Wildman–Crippen MR) is 109 cm³/mol. The number of amides is 1. The summed E-state index contributed by atoms with van der Waals surface area (Å²) in [5.41, 5.74) is 0.595. The van der Waals surface area contributed by atoms with Crippen LogP contribution in [0.1, 0.15) is 6.92 Å². The molecule has 0 fully saturated rings. The predicted octanol–water partition coefficient (Wildman–Crippen LogP) is 2.46. The molecule has 3 rings (SSSR count). The number of rotatable bonds is 6. The summed E-state index contributed by atoms with van der Waals surface area (Å²) in [6.45, 7) is 1.83. The first kappa shape index (κ1) is 21.1. The average Bonchev–Trinajstić information content (AvgIpc) is 2.80. The van der Waals surface area contributed by atoms with Gasteiger partial charge in [0.25, 0.3) is 5.91 Å². The molecule has 1 amide bonds. The SMILES string of the molecule is CCOC1C(=O)N(c2ccccc2)N(c2ccccc2)C(C(=O)OC)=C1C(=O)OC. The van der Waals surface area contributed by atoms with Gasteiger partial charge in [-0.3, -0.25) is 4.79 Å². The van der Waals surface area contributed by atoms with Crippen molar-refractivity contribution in [1.29, 1.82) is 0 Å². The molecule has 1 aliphatic rings. The van der Waals surface area contributed by atoms with Crippen molar-refractivity contribution >= 4 is 29.2 Å². The van der Waals surface area contributed by atoms with E-state index in [-0.39, 0.29) is 17.9 Å². The molecule has 8 nitrogen and oxygen atoms in total. The standard InChI is InChI=1S/C22H22N2O6/c1-4-30-19-17(21(26)28-2)18(22(27)29-3)23(15-11-7-5-8-12-15)24(20(19)25)16-13-9-6-10-14-16/h5-14,19H,4H2,1-3H3. The summed E-state index contributed by atoms with van der Waals surface area (Å²) in [4.78, 5) is 39.1. The summed E-state index contributed by atoms with van der Waals surface area (Å²) >= 11 is 0. The molecule has 2 aromatic carbocycles. The second-order valence-electron chi connectivity index (χ2n) is 6.21. The van der Waals surface area contributed by atoms with Crippen molar-refractivity contribution in [3.63, 3.8) is 0 Å². The van der Waals surface area contributed by atoms with E-state index < -0.39 is 23.9 Å². The Balaban J connectivity index is 2.37. The van der Waals surface area contributed by atoms with Gasteiger partial charge in [0.1, 0.15) is 5.57 Å². The number of anilines is 2. The van der Waals surface area contributed by atoms with Gasteiger partial charge < -0.3 is 14.2 Å². The Labute approximate surface area is 174 Å². The average molecular weight is 410 g/mol. The molecule has 0 saturated carbocycles. The number of esters is 2. The van der Waals surface area contributed by atoms with Crippen LogP contribution >= 0.6 is 0 Å². The third kappa shape index (κ3) is 3.77. The lowest BCUT2D eigenvalue weighted by atomic mass is 10.0. The smallest absolute Gasteiger partial charge is 0.357 e. The van der Waals surface area contributed by atoms with Crippen LogP contribution in [0, 0.1) is 0 Å². The molecule has 0 N–H and O–H groups in total. The molecule has 8 heteroatoms. The number of nitrogens with zero attached hydrogens (tertiary/aromatic N) is 2. The molecule has 1 atom stereocenters. The van der Waals surface area contributed by atoms with Crippen LogP contribution in [-0.4, -0.2) is 44.8 Å². The van der Waals surface area contributed by atoms with Gasteiger partial charge in [0, 0.05) is 6.61 Å². The lowest BCUT2D eigenvalue weighted by molar-refractivity contribution is -0.144. The maximum Gasteiger partial charge on any atom is 0.357 e. The molecule has 0 aliphatic carbocycles. The van der Waals surface area contributed by atoms with E-state index in [1.807, 2.05) is 6.07 Å². The Hall–Kier alpha value is -3.65. The second-order valence-corrected chi connectivity index (χ2v) is 6.21. The molecule has 0 radical (unpaired) electrons. The van der Waals surface area contributed by atoms with Crippen molar-refractivity contribution in [3.05, 3.63) is 71.9 Å². The minimum atomic E-state index is -1.34. The Kier molecular flexibility index (Phi) is 6.48. The fourth-order valence-corrected chi connectivity index (χ4v) is 3.23. The van der Waals surface area contributed by atoms with Crippen LogP contribution in [0.15, 0.2) is 71.9 Å². The number of benzene rings is 2. The van der Waals surface area contributed by atoms with Gasteiger partial charge in [0.05, 0.1) is 25.6 Å². The summed E-state index contributed by atoms with van der Waals surface area (Å²) in [6, 6.07) is 17.5. The normalized spacial score (nSPS) is 16.5. The number of hydrazine groups is 1. The van der Waals surface area contributed by atoms with E-state index in [1.54, 1.807) is 61.5 Å². The van der Waals surface area contributed by atoms with Gasteiger partial charge in [-0.2, -0.15) is 0 Å². The zero-order chi connectivity index (χ0) is 21.7. The number of para-hydroxylation sites is 2. The van der Waals surface area contributed by atoms with Crippen LogP contribution < -0.4 is 10.0 Å². The van der Waals surface area contributed by atoms with Crippen molar-refractivity contribution in [3.8, 4) is 0 Å². The molecular weight excluding hydrogens is 388 g/mol. The van der Waals surface area contributed by atoms with Gasteiger partial charge in [0.15, 0.2) is 11.8 Å². The minimum absolute atomic E-state index is 0.138. The molecule has 1 unspecified atom stereocenters. The zero-order valence-corrected chi connectivity index (χ0v) is 16.9. The molecule has 0 saturated heterocycles. The lowest BCUT2D eigenvalue weighted by Gasteiger charge is -2.43. The van der Waals surface area contributed by atoms with Gasteiger partial charge in [-0.15, -0.1) is 0 Å². The van der Waals surface area contributed by atoms with Gasteiger partial charge in [-0.1, -0.05) is 36.4 Å². The van der Waals surface area contributed by atoms with Gasteiger partial charge in [-0.25, -0.2) is 19.6 Å². The van der Waals surface area contributed by atoms with Gasteiger partial charge >= 0.3 is 11.9 Å². The fraction of sp³-hybridized carbons (Fsp3) is 0.227. The summed E-state index contributed by atoms with van der Waals surface area (Å²) in [5.74, 6) is -2.20. The lowest BCUT2D eigenvalue weighted by Crippen LogP contribution is -2.59. The van der Waals surface area contributed by atoms with Crippen LogP contribution in [0.3, 0.4) is 0 Å². The maximum atomic E-state index is 13.6. The van der Waals surface area contributed by atoms with Gasteiger partial charge in [0.2, 0.25) is 0 Å². The van der Waals surface area contributed by atoms with E-state index in [4.69, 9.17) is 14.2 Å². The third-order valence-electron chi connectivity index (χ3n) is 4.48. The number of carbonyl (C=O) groups is 3. The van der Waals surface area contributed by atoms with Gasteiger partial charge in [-0.05, 0) is 31.2 Å². The number of carbonyl (C=O) groups excluding carboxylic acids is 3. The van der Waals surface area contributed by atoms with Crippen molar-refractivity contribution < 1.29 is 28.6 Å². The number of hydrogen-bond acceptors (Lipinski definition) is 7. The molecule has 1 aliphatic heterocycles.